The van der Waals surface area contributed by atoms with Crippen LogP contribution in [0.3, 0.4) is 0 Å². The van der Waals surface area contributed by atoms with Crippen LogP contribution in [0.1, 0.15) is 11.4 Å². The highest BCUT2D eigenvalue weighted by atomic mass is 16.2. The number of aryl methyl sites for hydroxylation is 1. The number of hydrogen-bond acceptors (Lipinski definition) is 4. The quantitative estimate of drug-likeness (QED) is 0.810. The van der Waals surface area contributed by atoms with E-state index in [4.69, 9.17) is 0 Å². The predicted molar refractivity (Wildman–Crippen MR) is 83.1 cm³/mol. The molecule has 0 N–H and O–H groups in total. The van der Waals surface area contributed by atoms with Crippen molar-refractivity contribution in [3.8, 4) is 0 Å². The number of piperazine rings is 1. The number of carbonyl (C=O) groups excluding carboxylic acids is 2. The summed E-state index contributed by atoms with van der Waals surface area (Å²) in [5.74, 6) is 0.542. The van der Waals surface area contributed by atoms with E-state index in [0.717, 1.165) is 5.56 Å². The van der Waals surface area contributed by atoms with E-state index in [0.29, 0.717) is 12.2 Å². The zero-order valence-corrected chi connectivity index (χ0v) is 13.2. The molecule has 1 aromatic carbocycles. The number of aromatic nitrogens is 3. The van der Waals surface area contributed by atoms with Crippen LogP contribution in [-0.4, -0.2) is 56.0 Å². The van der Waals surface area contributed by atoms with Crippen LogP contribution in [-0.2, 0) is 29.6 Å². The lowest BCUT2D eigenvalue weighted by Gasteiger charge is -2.38. The molecule has 1 atom stereocenters. The summed E-state index contributed by atoms with van der Waals surface area (Å²) in [5, 5.41) is 7.86. The Labute approximate surface area is 134 Å². The largest absolute Gasteiger partial charge is 0.335 e. The van der Waals surface area contributed by atoms with Crippen LogP contribution in [0, 0.1) is 0 Å². The second-order valence-corrected chi connectivity index (χ2v) is 5.78. The summed E-state index contributed by atoms with van der Waals surface area (Å²) in [6, 6.07) is 9.21. The summed E-state index contributed by atoms with van der Waals surface area (Å²) in [5.41, 5.74) is 1.02. The van der Waals surface area contributed by atoms with Gasteiger partial charge in [0.1, 0.15) is 12.4 Å². The molecule has 0 bridgehead atoms. The van der Waals surface area contributed by atoms with E-state index in [9.17, 15) is 9.59 Å². The Balaban J connectivity index is 1.87. The van der Waals surface area contributed by atoms with Gasteiger partial charge in [-0.05, 0) is 5.56 Å². The third-order valence-corrected chi connectivity index (χ3v) is 4.12. The molecule has 120 valence electrons. The molecule has 0 saturated carbocycles. The summed E-state index contributed by atoms with van der Waals surface area (Å²) in [7, 11) is 3.49. The van der Waals surface area contributed by atoms with Gasteiger partial charge in [0.05, 0.1) is 13.1 Å². The monoisotopic (exact) mass is 313 g/mol. The highest BCUT2D eigenvalue weighted by Gasteiger charge is 2.38. The van der Waals surface area contributed by atoms with E-state index < -0.39 is 6.04 Å². The summed E-state index contributed by atoms with van der Waals surface area (Å²) >= 11 is 0. The lowest BCUT2D eigenvalue weighted by Crippen LogP contribution is -2.59. The Morgan fingerprint density at radius 3 is 2.57 bits per heavy atom. The van der Waals surface area contributed by atoms with Crippen LogP contribution in [0.25, 0.3) is 0 Å². The molecule has 0 radical (unpaired) electrons. The van der Waals surface area contributed by atoms with Crippen LogP contribution in [0.5, 0.6) is 0 Å². The molecule has 1 aliphatic rings. The van der Waals surface area contributed by atoms with Crippen LogP contribution < -0.4 is 0 Å². The molecular formula is C16H19N5O2. The summed E-state index contributed by atoms with van der Waals surface area (Å²) in [6.45, 7) is 0.383. The molecule has 3 rings (SSSR count). The summed E-state index contributed by atoms with van der Waals surface area (Å²) in [4.78, 5) is 28.2. The second-order valence-electron chi connectivity index (χ2n) is 5.78. The fourth-order valence-corrected chi connectivity index (χ4v) is 2.77. The zero-order valence-electron chi connectivity index (χ0n) is 13.2. The molecule has 1 fully saturated rings. The van der Waals surface area contributed by atoms with E-state index in [1.165, 1.54) is 4.90 Å². The number of carbonyl (C=O) groups is 2. The average Bonchev–Trinajstić information content (AvgIpc) is 2.94. The van der Waals surface area contributed by atoms with Crippen molar-refractivity contribution in [1.29, 1.82) is 0 Å². The third kappa shape index (κ3) is 3.08. The number of rotatable bonds is 4. The second kappa shape index (κ2) is 6.20. The zero-order chi connectivity index (χ0) is 16.4. The van der Waals surface area contributed by atoms with Crippen molar-refractivity contribution < 1.29 is 9.59 Å². The Morgan fingerprint density at radius 1 is 1.17 bits per heavy atom. The van der Waals surface area contributed by atoms with Crippen molar-refractivity contribution in [2.24, 2.45) is 7.05 Å². The Bertz CT molecular complexity index is 712. The molecule has 0 spiro atoms. The minimum absolute atomic E-state index is 0.0457. The Kier molecular flexibility index (Phi) is 4.10. The lowest BCUT2D eigenvalue weighted by molar-refractivity contribution is -0.155. The molecular weight excluding hydrogens is 294 g/mol. The first-order chi connectivity index (χ1) is 11.1. The van der Waals surface area contributed by atoms with Gasteiger partial charge in [-0.25, -0.2) is 0 Å². The van der Waals surface area contributed by atoms with Crippen molar-refractivity contribution >= 4 is 11.8 Å². The number of benzene rings is 1. The lowest BCUT2D eigenvalue weighted by atomic mass is 10.0. The molecule has 7 heteroatoms. The van der Waals surface area contributed by atoms with E-state index in [1.807, 2.05) is 37.4 Å². The minimum atomic E-state index is -0.514. The maximum Gasteiger partial charge on any atom is 0.245 e. The number of nitrogens with zero attached hydrogens (tertiary/aromatic N) is 5. The van der Waals surface area contributed by atoms with Gasteiger partial charge in [0.25, 0.3) is 0 Å². The van der Waals surface area contributed by atoms with Gasteiger partial charge in [0.2, 0.25) is 11.8 Å². The summed E-state index contributed by atoms with van der Waals surface area (Å²) < 4.78 is 1.76. The van der Waals surface area contributed by atoms with Crippen LogP contribution in [0.4, 0.5) is 0 Å². The number of hydrogen-bond donors (Lipinski definition) is 0. The van der Waals surface area contributed by atoms with Gasteiger partial charge in [-0.2, -0.15) is 0 Å². The molecule has 1 saturated heterocycles. The Morgan fingerprint density at radius 2 is 1.91 bits per heavy atom. The SMILES string of the molecule is CN1CC(=O)N(Cc2nncn2C)[C@@H](Cc2ccccc2)C1=O. The van der Waals surface area contributed by atoms with E-state index in [1.54, 1.807) is 22.8 Å². The summed E-state index contributed by atoms with van der Waals surface area (Å²) in [6.07, 6.45) is 2.08. The van der Waals surface area contributed by atoms with Crippen molar-refractivity contribution in [3.63, 3.8) is 0 Å². The van der Waals surface area contributed by atoms with Crippen LogP contribution in [0.2, 0.25) is 0 Å². The first kappa shape index (κ1) is 15.2. The molecule has 0 aliphatic carbocycles. The fraction of sp³-hybridized carbons (Fsp3) is 0.375. The molecule has 2 aromatic rings. The van der Waals surface area contributed by atoms with Gasteiger partial charge in [-0.1, -0.05) is 30.3 Å². The third-order valence-electron chi connectivity index (χ3n) is 4.12. The average molecular weight is 313 g/mol. The van der Waals surface area contributed by atoms with Gasteiger partial charge in [0, 0.05) is 20.5 Å². The van der Waals surface area contributed by atoms with Gasteiger partial charge >= 0.3 is 0 Å². The fourth-order valence-electron chi connectivity index (χ4n) is 2.77. The van der Waals surface area contributed by atoms with Gasteiger partial charge in [0.15, 0.2) is 5.82 Å². The number of likely N-dealkylation sites (N-methyl/N-ethyl adjacent to an activating group) is 1. The van der Waals surface area contributed by atoms with Gasteiger partial charge in [-0.15, -0.1) is 10.2 Å². The van der Waals surface area contributed by atoms with Crippen LogP contribution >= 0.6 is 0 Å². The van der Waals surface area contributed by atoms with Crippen molar-refractivity contribution in [2.75, 3.05) is 13.6 Å². The molecule has 2 amide bonds. The first-order valence-electron chi connectivity index (χ1n) is 7.47. The highest BCUT2D eigenvalue weighted by molar-refractivity contribution is 5.94. The van der Waals surface area contributed by atoms with Gasteiger partial charge < -0.3 is 14.4 Å². The Hall–Kier alpha value is -2.70. The van der Waals surface area contributed by atoms with Crippen molar-refractivity contribution in [1.82, 2.24) is 24.6 Å². The standard InChI is InChI=1S/C16H19N5O2/c1-19-10-15(22)21(9-14-18-17-11-20(14)2)13(16(19)23)8-12-6-4-3-5-7-12/h3-7,11,13H,8-10H2,1-2H3/t13-/m0/s1. The predicted octanol–water partition coefficient (Wildman–Crippen LogP) is 0.227. The van der Waals surface area contributed by atoms with E-state index >= 15 is 0 Å². The molecule has 7 nitrogen and oxygen atoms in total. The van der Waals surface area contributed by atoms with E-state index in [-0.39, 0.29) is 24.9 Å². The van der Waals surface area contributed by atoms with Crippen LogP contribution in [0.15, 0.2) is 36.7 Å². The molecule has 23 heavy (non-hydrogen) atoms. The first-order valence-corrected chi connectivity index (χ1v) is 7.47. The van der Waals surface area contributed by atoms with Crippen molar-refractivity contribution in [2.45, 2.75) is 19.0 Å². The smallest absolute Gasteiger partial charge is 0.245 e. The minimum Gasteiger partial charge on any atom is -0.335 e. The maximum atomic E-state index is 12.6. The normalized spacial score (nSPS) is 18.6. The highest BCUT2D eigenvalue weighted by Crippen LogP contribution is 2.18. The molecule has 1 aromatic heterocycles. The van der Waals surface area contributed by atoms with Gasteiger partial charge in [-0.3, -0.25) is 9.59 Å². The molecule has 2 heterocycles. The number of amides is 2. The molecule has 0 unspecified atom stereocenters. The molecule has 1 aliphatic heterocycles. The van der Waals surface area contributed by atoms with E-state index in [2.05, 4.69) is 10.2 Å². The van der Waals surface area contributed by atoms with Crippen molar-refractivity contribution in [3.05, 3.63) is 48.0 Å². The maximum absolute atomic E-state index is 12.6. The topological polar surface area (TPSA) is 71.3 Å².